The van der Waals surface area contributed by atoms with Crippen LogP contribution in [0.2, 0.25) is 0 Å². The second-order valence-corrected chi connectivity index (χ2v) is 4.90. The molecule has 0 aliphatic carbocycles. The third-order valence-electron chi connectivity index (χ3n) is 3.27. The second-order valence-electron chi connectivity index (χ2n) is 4.90. The lowest BCUT2D eigenvalue weighted by atomic mass is 10.1. The van der Waals surface area contributed by atoms with E-state index >= 15 is 0 Å². The minimum absolute atomic E-state index is 0.209. The molecule has 3 N–H and O–H groups in total. The SMILES string of the molecule is NC(Cc1cn(CCCC2CCCO2)nn1)C(=O)O. The first kappa shape index (κ1) is 14.0. The van der Waals surface area contributed by atoms with E-state index in [0.29, 0.717) is 11.8 Å². The smallest absolute Gasteiger partial charge is 0.320 e. The minimum atomic E-state index is -1.02. The van der Waals surface area contributed by atoms with Crippen molar-refractivity contribution in [2.45, 2.75) is 50.8 Å². The Morgan fingerprint density at radius 1 is 1.68 bits per heavy atom. The van der Waals surface area contributed by atoms with Gasteiger partial charge in [0.15, 0.2) is 0 Å². The summed E-state index contributed by atoms with van der Waals surface area (Å²) in [5.74, 6) is -1.02. The lowest BCUT2D eigenvalue weighted by Gasteiger charge is -2.08. The third kappa shape index (κ3) is 4.29. The van der Waals surface area contributed by atoms with Gasteiger partial charge in [-0.1, -0.05) is 5.21 Å². The van der Waals surface area contributed by atoms with E-state index in [2.05, 4.69) is 10.3 Å². The van der Waals surface area contributed by atoms with Gasteiger partial charge in [-0.25, -0.2) is 0 Å². The number of carbonyl (C=O) groups is 1. The van der Waals surface area contributed by atoms with Gasteiger partial charge in [0.1, 0.15) is 6.04 Å². The van der Waals surface area contributed by atoms with Crippen molar-refractivity contribution in [3.63, 3.8) is 0 Å². The van der Waals surface area contributed by atoms with Gasteiger partial charge in [-0.15, -0.1) is 5.10 Å². The topological polar surface area (TPSA) is 103 Å². The number of carboxylic acids is 1. The highest BCUT2D eigenvalue weighted by atomic mass is 16.5. The van der Waals surface area contributed by atoms with Crippen molar-refractivity contribution in [3.05, 3.63) is 11.9 Å². The van der Waals surface area contributed by atoms with E-state index in [4.69, 9.17) is 15.6 Å². The maximum atomic E-state index is 10.6. The standard InChI is InChI=1S/C12H20N4O3/c13-11(12(17)18)7-9-8-16(15-14-9)5-1-3-10-4-2-6-19-10/h8,10-11H,1-7,13H2,(H,17,18). The van der Waals surface area contributed by atoms with Gasteiger partial charge in [0.2, 0.25) is 0 Å². The molecule has 2 rings (SSSR count). The normalized spacial score (nSPS) is 20.6. The molecule has 19 heavy (non-hydrogen) atoms. The molecule has 0 saturated carbocycles. The first-order valence-electron chi connectivity index (χ1n) is 6.64. The van der Waals surface area contributed by atoms with Gasteiger partial charge in [-0.2, -0.15) is 0 Å². The van der Waals surface area contributed by atoms with Gasteiger partial charge in [-0.3, -0.25) is 9.48 Å². The van der Waals surface area contributed by atoms with E-state index in [0.717, 1.165) is 38.8 Å². The van der Waals surface area contributed by atoms with Crippen molar-refractivity contribution in [2.75, 3.05) is 6.61 Å². The summed E-state index contributed by atoms with van der Waals surface area (Å²) < 4.78 is 7.28. The van der Waals surface area contributed by atoms with Crippen molar-refractivity contribution in [1.29, 1.82) is 0 Å². The molecule has 1 aromatic heterocycles. The third-order valence-corrected chi connectivity index (χ3v) is 3.27. The summed E-state index contributed by atoms with van der Waals surface area (Å²) in [6, 6.07) is -0.919. The molecule has 0 amide bonds. The van der Waals surface area contributed by atoms with Crippen molar-refractivity contribution >= 4 is 5.97 Å². The average molecular weight is 268 g/mol. The van der Waals surface area contributed by atoms with Crippen LogP contribution in [0, 0.1) is 0 Å². The predicted octanol–water partition coefficient (Wildman–Crippen LogP) is 0.192. The fraction of sp³-hybridized carbons (Fsp3) is 0.750. The van der Waals surface area contributed by atoms with Crippen LogP contribution in [0.4, 0.5) is 0 Å². The fourth-order valence-corrected chi connectivity index (χ4v) is 2.21. The largest absolute Gasteiger partial charge is 0.480 e. The molecule has 0 bridgehead atoms. The molecule has 1 aliphatic heterocycles. The summed E-state index contributed by atoms with van der Waals surface area (Å²) in [4.78, 5) is 10.6. The molecule has 1 saturated heterocycles. The number of aromatic nitrogens is 3. The Labute approximate surface area is 111 Å². The highest BCUT2D eigenvalue weighted by Gasteiger charge is 2.16. The van der Waals surface area contributed by atoms with Crippen molar-refractivity contribution in [3.8, 4) is 0 Å². The van der Waals surface area contributed by atoms with E-state index in [9.17, 15) is 4.79 Å². The highest BCUT2D eigenvalue weighted by Crippen LogP contribution is 2.17. The Balaban J connectivity index is 1.72. The molecule has 2 atom stereocenters. The Morgan fingerprint density at radius 2 is 2.53 bits per heavy atom. The lowest BCUT2D eigenvalue weighted by molar-refractivity contribution is -0.138. The van der Waals surface area contributed by atoms with Crippen molar-refractivity contribution in [1.82, 2.24) is 15.0 Å². The van der Waals surface area contributed by atoms with E-state index in [1.165, 1.54) is 0 Å². The van der Waals surface area contributed by atoms with Gasteiger partial charge < -0.3 is 15.6 Å². The van der Waals surface area contributed by atoms with Gasteiger partial charge in [0.05, 0.1) is 11.8 Å². The Bertz CT molecular complexity index is 415. The summed E-state index contributed by atoms with van der Waals surface area (Å²) in [7, 11) is 0. The molecular formula is C12H20N4O3. The first-order valence-corrected chi connectivity index (χ1v) is 6.64. The number of carboxylic acid groups (broad SMARTS) is 1. The molecule has 0 radical (unpaired) electrons. The van der Waals surface area contributed by atoms with E-state index in [1.54, 1.807) is 10.9 Å². The maximum absolute atomic E-state index is 10.6. The molecule has 2 unspecified atom stereocenters. The van der Waals surface area contributed by atoms with E-state index < -0.39 is 12.0 Å². The zero-order valence-corrected chi connectivity index (χ0v) is 10.9. The Morgan fingerprint density at radius 3 is 3.21 bits per heavy atom. The number of aliphatic carboxylic acids is 1. The zero-order valence-electron chi connectivity index (χ0n) is 10.9. The van der Waals surface area contributed by atoms with E-state index in [1.807, 2.05) is 0 Å². The number of nitrogens with two attached hydrogens (primary N) is 1. The molecule has 106 valence electrons. The summed E-state index contributed by atoms with van der Waals surface area (Å²) in [5.41, 5.74) is 6.07. The highest BCUT2D eigenvalue weighted by molar-refractivity contribution is 5.73. The second kappa shape index (κ2) is 6.63. The molecule has 1 fully saturated rings. The molecule has 0 aromatic carbocycles. The van der Waals surface area contributed by atoms with Crippen molar-refractivity contribution in [2.24, 2.45) is 5.73 Å². The monoisotopic (exact) mass is 268 g/mol. The summed E-state index contributed by atoms with van der Waals surface area (Å²) >= 11 is 0. The average Bonchev–Trinajstić information content (AvgIpc) is 3.01. The lowest BCUT2D eigenvalue weighted by Crippen LogP contribution is -2.32. The van der Waals surface area contributed by atoms with Crippen LogP contribution in [0.3, 0.4) is 0 Å². The fourth-order valence-electron chi connectivity index (χ4n) is 2.21. The number of hydrogen-bond acceptors (Lipinski definition) is 5. The Hall–Kier alpha value is -1.47. The van der Waals surface area contributed by atoms with Crippen LogP contribution >= 0.6 is 0 Å². The quantitative estimate of drug-likeness (QED) is 0.731. The number of ether oxygens (including phenoxy) is 1. The van der Waals surface area contributed by atoms with Gasteiger partial charge in [0, 0.05) is 25.8 Å². The van der Waals surface area contributed by atoms with Gasteiger partial charge in [-0.05, 0) is 25.7 Å². The summed E-state index contributed by atoms with van der Waals surface area (Å²) in [6.07, 6.45) is 6.69. The van der Waals surface area contributed by atoms with Crippen LogP contribution in [0.25, 0.3) is 0 Å². The molecule has 1 aromatic rings. The molecule has 0 spiro atoms. The summed E-state index contributed by atoms with van der Waals surface area (Å²) in [6.45, 7) is 1.65. The molecular weight excluding hydrogens is 248 g/mol. The zero-order chi connectivity index (χ0) is 13.7. The number of hydrogen-bond donors (Lipinski definition) is 2. The predicted molar refractivity (Wildman–Crippen MR) is 67.5 cm³/mol. The molecule has 1 aliphatic rings. The molecule has 7 nitrogen and oxygen atoms in total. The van der Waals surface area contributed by atoms with Crippen molar-refractivity contribution < 1.29 is 14.6 Å². The van der Waals surface area contributed by atoms with Crippen LogP contribution < -0.4 is 5.73 Å². The van der Waals surface area contributed by atoms with Crippen LogP contribution in [0.15, 0.2) is 6.20 Å². The maximum Gasteiger partial charge on any atom is 0.320 e. The van der Waals surface area contributed by atoms with Gasteiger partial charge in [0.25, 0.3) is 0 Å². The number of aryl methyl sites for hydroxylation is 1. The van der Waals surface area contributed by atoms with E-state index in [-0.39, 0.29) is 6.42 Å². The number of rotatable bonds is 7. The minimum Gasteiger partial charge on any atom is -0.480 e. The summed E-state index contributed by atoms with van der Waals surface area (Å²) in [5, 5.41) is 16.6. The van der Waals surface area contributed by atoms with Gasteiger partial charge >= 0.3 is 5.97 Å². The number of nitrogens with zero attached hydrogens (tertiary/aromatic N) is 3. The van der Waals surface area contributed by atoms with Crippen LogP contribution in [-0.2, 0) is 22.5 Å². The molecule has 2 heterocycles. The Kier molecular flexibility index (Phi) is 4.86. The first-order chi connectivity index (χ1) is 9.15. The van der Waals surface area contributed by atoms with Crippen LogP contribution in [0.1, 0.15) is 31.4 Å². The van der Waals surface area contributed by atoms with Crippen LogP contribution in [0.5, 0.6) is 0 Å². The molecule has 7 heteroatoms. The van der Waals surface area contributed by atoms with Crippen LogP contribution in [-0.4, -0.2) is 44.8 Å².